The molecule has 0 aliphatic rings. The lowest BCUT2D eigenvalue weighted by Gasteiger charge is -1.93. The van der Waals surface area contributed by atoms with Crippen LogP contribution in [0.3, 0.4) is 0 Å². The fraction of sp³-hybridized carbons (Fsp3) is 0.500. The van der Waals surface area contributed by atoms with Gasteiger partial charge in [0.25, 0.3) is 0 Å². The van der Waals surface area contributed by atoms with Gasteiger partial charge >= 0.3 is 5.82 Å². The van der Waals surface area contributed by atoms with Crippen molar-refractivity contribution in [2.24, 2.45) is 0 Å². The zero-order valence-corrected chi connectivity index (χ0v) is 7.69. The first-order valence-corrected chi connectivity index (χ1v) is 3.89. The summed E-state index contributed by atoms with van der Waals surface area (Å²) in [5.41, 5.74) is 0. The lowest BCUT2D eigenvalue weighted by atomic mass is 10.6. The van der Waals surface area contributed by atoms with Crippen molar-refractivity contribution in [3.05, 3.63) is 21.3 Å². The molecule has 0 amide bonds. The zero-order chi connectivity index (χ0) is 9.84. The molecule has 0 radical (unpaired) electrons. The topological polar surface area (TPSA) is 70.2 Å². The smallest absolute Gasteiger partial charge is 0.383 e. The standard InChI is InChI=1S/C6H8ClN3O3/c1-13-3-2-9-4-5(7)6(8-9)10(11)12/h4H,2-3H2,1H3. The van der Waals surface area contributed by atoms with Gasteiger partial charge in [0.05, 0.1) is 24.4 Å². The molecule has 0 aliphatic carbocycles. The van der Waals surface area contributed by atoms with Crippen LogP contribution >= 0.6 is 11.6 Å². The summed E-state index contributed by atoms with van der Waals surface area (Å²) in [5.74, 6) is -0.322. The third kappa shape index (κ3) is 2.40. The molecule has 0 fully saturated rings. The summed E-state index contributed by atoms with van der Waals surface area (Å²) in [7, 11) is 1.54. The van der Waals surface area contributed by atoms with Gasteiger partial charge in [-0.1, -0.05) is 11.6 Å². The molecular formula is C6H8ClN3O3. The molecule has 0 bridgehead atoms. The summed E-state index contributed by atoms with van der Waals surface area (Å²) in [4.78, 5) is 9.70. The van der Waals surface area contributed by atoms with Crippen LogP contribution in [0.25, 0.3) is 0 Å². The van der Waals surface area contributed by atoms with Crippen LogP contribution in [0.4, 0.5) is 5.82 Å². The van der Waals surface area contributed by atoms with Gasteiger partial charge in [-0.3, -0.25) is 0 Å². The molecule has 0 saturated heterocycles. The first-order valence-electron chi connectivity index (χ1n) is 3.51. The van der Waals surface area contributed by atoms with Crippen molar-refractivity contribution in [1.82, 2.24) is 9.78 Å². The van der Waals surface area contributed by atoms with E-state index in [-0.39, 0.29) is 10.8 Å². The molecule has 0 aliphatic heterocycles. The zero-order valence-electron chi connectivity index (χ0n) is 6.94. The van der Waals surface area contributed by atoms with E-state index in [4.69, 9.17) is 16.3 Å². The average Bonchev–Trinajstić information content (AvgIpc) is 2.43. The molecule has 1 rings (SSSR count). The lowest BCUT2D eigenvalue weighted by molar-refractivity contribution is -0.389. The van der Waals surface area contributed by atoms with Crippen molar-refractivity contribution < 1.29 is 9.66 Å². The van der Waals surface area contributed by atoms with Gasteiger partial charge in [0.15, 0.2) is 5.02 Å². The molecule has 0 aromatic carbocycles. The van der Waals surface area contributed by atoms with Crippen LogP contribution in [0, 0.1) is 10.1 Å². The first kappa shape index (κ1) is 9.94. The third-order valence-electron chi connectivity index (χ3n) is 1.40. The van der Waals surface area contributed by atoms with E-state index in [9.17, 15) is 10.1 Å². The maximum Gasteiger partial charge on any atom is 0.408 e. The Bertz CT molecular complexity index is 312. The molecule has 0 N–H and O–H groups in total. The summed E-state index contributed by atoms with van der Waals surface area (Å²) in [6.07, 6.45) is 1.40. The van der Waals surface area contributed by atoms with Crippen molar-refractivity contribution in [1.29, 1.82) is 0 Å². The fourth-order valence-corrected chi connectivity index (χ4v) is 1.03. The third-order valence-corrected chi connectivity index (χ3v) is 1.66. The molecule has 1 heterocycles. The average molecular weight is 206 g/mol. The summed E-state index contributed by atoms with van der Waals surface area (Å²) >= 11 is 5.55. The maximum atomic E-state index is 10.3. The highest BCUT2D eigenvalue weighted by molar-refractivity contribution is 6.32. The predicted molar refractivity (Wildman–Crippen MR) is 45.8 cm³/mol. The Morgan fingerprint density at radius 1 is 1.85 bits per heavy atom. The molecular weight excluding hydrogens is 198 g/mol. The van der Waals surface area contributed by atoms with Crippen LogP contribution in [-0.4, -0.2) is 28.4 Å². The number of rotatable bonds is 4. The van der Waals surface area contributed by atoms with Crippen LogP contribution in [0.1, 0.15) is 0 Å². The molecule has 1 aromatic rings. The van der Waals surface area contributed by atoms with E-state index < -0.39 is 4.92 Å². The van der Waals surface area contributed by atoms with Crippen molar-refractivity contribution in [2.75, 3.05) is 13.7 Å². The number of aromatic nitrogens is 2. The molecule has 13 heavy (non-hydrogen) atoms. The highest BCUT2D eigenvalue weighted by Gasteiger charge is 2.18. The maximum absolute atomic E-state index is 10.3. The Morgan fingerprint density at radius 2 is 2.54 bits per heavy atom. The number of nitrogens with zero attached hydrogens (tertiary/aromatic N) is 3. The van der Waals surface area contributed by atoms with Gasteiger partial charge in [0.2, 0.25) is 0 Å². The second kappa shape index (κ2) is 4.20. The van der Waals surface area contributed by atoms with Gasteiger partial charge in [-0.15, -0.1) is 0 Å². The monoisotopic (exact) mass is 205 g/mol. The number of hydrogen-bond acceptors (Lipinski definition) is 4. The Balaban J connectivity index is 2.76. The van der Waals surface area contributed by atoms with Crippen LogP contribution in [0.2, 0.25) is 5.02 Å². The highest BCUT2D eigenvalue weighted by atomic mass is 35.5. The van der Waals surface area contributed by atoms with Crippen LogP contribution in [-0.2, 0) is 11.3 Å². The highest BCUT2D eigenvalue weighted by Crippen LogP contribution is 2.20. The minimum Gasteiger partial charge on any atom is -0.383 e. The van der Waals surface area contributed by atoms with Gasteiger partial charge in [0.1, 0.15) is 0 Å². The van der Waals surface area contributed by atoms with Crippen molar-refractivity contribution >= 4 is 17.4 Å². The van der Waals surface area contributed by atoms with E-state index in [1.54, 1.807) is 7.11 Å². The van der Waals surface area contributed by atoms with E-state index in [0.717, 1.165) is 0 Å². The number of halogens is 1. The van der Waals surface area contributed by atoms with Gasteiger partial charge in [-0.2, -0.15) is 4.68 Å². The number of hydrogen-bond donors (Lipinski definition) is 0. The molecule has 72 valence electrons. The normalized spacial score (nSPS) is 10.3. The predicted octanol–water partition coefficient (Wildman–Crippen LogP) is 1.09. The summed E-state index contributed by atoms with van der Waals surface area (Å²) < 4.78 is 6.16. The Hall–Kier alpha value is -1.14. The van der Waals surface area contributed by atoms with E-state index in [0.29, 0.717) is 13.2 Å². The fourth-order valence-electron chi connectivity index (χ4n) is 0.810. The van der Waals surface area contributed by atoms with Gasteiger partial charge in [-0.25, -0.2) is 0 Å². The van der Waals surface area contributed by atoms with Crippen molar-refractivity contribution in [3.8, 4) is 0 Å². The SMILES string of the molecule is COCCn1cc(Cl)c([N+](=O)[O-])n1. The number of ether oxygens (including phenoxy) is 1. The van der Waals surface area contributed by atoms with Crippen LogP contribution in [0.15, 0.2) is 6.20 Å². The van der Waals surface area contributed by atoms with Crippen molar-refractivity contribution in [3.63, 3.8) is 0 Å². The van der Waals surface area contributed by atoms with Gasteiger partial charge in [0, 0.05) is 7.11 Å². The van der Waals surface area contributed by atoms with Crippen molar-refractivity contribution in [2.45, 2.75) is 6.54 Å². The molecule has 1 aromatic heterocycles. The van der Waals surface area contributed by atoms with E-state index in [1.807, 2.05) is 0 Å². The second-order valence-electron chi connectivity index (χ2n) is 2.31. The van der Waals surface area contributed by atoms with E-state index in [2.05, 4.69) is 5.10 Å². The Morgan fingerprint density at radius 3 is 3.00 bits per heavy atom. The number of methoxy groups -OCH3 is 1. The summed E-state index contributed by atoms with van der Waals surface area (Å²) in [6.45, 7) is 0.888. The minimum atomic E-state index is -0.619. The molecule has 6 nitrogen and oxygen atoms in total. The van der Waals surface area contributed by atoms with E-state index >= 15 is 0 Å². The molecule has 0 spiro atoms. The summed E-state index contributed by atoms with van der Waals surface area (Å²) in [5, 5.41) is 14.0. The van der Waals surface area contributed by atoms with Gasteiger partial charge < -0.3 is 14.9 Å². The first-order chi connectivity index (χ1) is 6.15. The second-order valence-corrected chi connectivity index (χ2v) is 2.72. The van der Waals surface area contributed by atoms with Crippen LogP contribution < -0.4 is 0 Å². The molecule has 0 atom stereocenters. The lowest BCUT2D eigenvalue weighted by Crippen LogP contribution is -2.04. The summed E-state index contributed by atoms with van der Waals surface area (Å²) in [6, 6.07) is 0. The van der Waals surface area contributed by atoms with E-state index in [1.165, 1.54) is 10.9 Å². The quantitative estimate of drug-likeness (QED) is 0.545. The number of nitro groups is 1. The molecule has 7 heteroatoms. The minimum absolute atomic E-state index is 0.0427. The van der Waals surface area contributed by atoms with Crippen LogP contribution in [0.5, 0.6) is 0 Å². The Labute approximate surface area is 79.2 Å². The van der Waals surface area contributed by atoms with Gasteiger partial charge in [-0.05, 0) is 4.92 Å². The molecule has 0 unspecified atom stereocenters. The largest absolute Gasteiger partial charge is 0.408 e. The molecule has 0 saturated carbocycles. The Kier molecular flexibility index (Phi) is 3.21.